The van der Waals surface area contributed by atoms with E-state index in [0.29, 0.717) is 6.04 Å². The van der Waals surface area contributed by atoms with E-state index in [1.807, 2.05) is 7.05 Å². The van der Waals surface area contributed by atoms with Gasteiger partial charge in [0.2, 0.25) is 0 Å². The molecule has 1 fully saturated rings. The zero-order valence-corrected chi connectivity index (χ0v) is 17.1. The average molecular weight is 430 g/mol. The number of aryl methyl sites for hydroxylation is 1. The van der Waals surface area contributed by atoms with E-state index >= 15 is 0 Å². The third-order valence-electron chi connectivity index (χ3n) is 4.48. The minimum atomic E-state index is 0. The van der Waals surface area contributed by atoms with Crippen LogP contribution in [0.25, 0.3) is 0 Å². The van der Waals surface area contributed by atoms with E-state index in [2.05, 4.69) is 65.8 Å². The molecule has 5 heteroatoms. The Bertz CT molecular complexity index is 496. The molecule has 23 heavy (non-hydrogen) atoms. The van der Waals surface area contributed by atoms with Gasteiger partial charge in [0, 0.05) is 26.2 Å². The SMILES string of the molecule is CCc1ccccc1CNC(=NC)NCC(C1CC1)N(C)C.I. The number of hydrogen-bond donors (Lipinski definition) is 2. The van der Waals surface area contributed by atoms with Crippen LogP contribution in [-0.2, 0) is 13.0 Å². The van der Waals surface area contributed by atoms with E-state index in [0.717, 1.165) is 31.4 Å². The van der Waals surface area contributed by atoms with E-state index in [9.17, 15) is 0 Å². The summed E-state index contributed by atoms with van der Waals surface area (Å²) < 4.78 is 0. The fourth-order valence-corrected chi connectivity index (χ4v) is 2.93. The minimum absolute atomic E-state index is 0. The molecule has 1 unspecified atom stereocenters. The molecule has 0 saturated heterocycles. The van der Waals surface area contributed by atoms with Gasteiger partial charge in [0.05, 0.1) is 0 Å². The van der Waals surface area contributed by atoms with Crippen LogP contribution in [0.1, 0.15) is 30.9 Å². The van der Waals surface area contributed by atoms with Crippen LogP contribution in [0.5, 0.6) is 0 Å². The number of likely N-dealkylation sites (N-methyl/N-ethyl adjacent to an activating group) is 1. The molecule has 2 rings (SSSR count). The summed E-state index contributed by atoms with van der Waals surface area (Å²) >= 11 is 0. The molecule has 130 valence electrons. The van der Waals surface area contributed by atoms with Gasteiger partial charge in [0.1, 0.15) is 0 Å². The average Bonchev–Trinajstić information content (AvgIpc) is 3.35. The molecule has 1 aliphatic carbocycles. The van der Waals surface area contributed by atoms with Crippen molar-refractivity contribution in [1.82, 2.24) is 15.5 Å². The maximum Gasteiger partial charge on any atom is 0.191 e. The molecule has 0 aromatic heterocycles. The molecule has 2 N–H and O–H groups in total. The molecule has 0 radical (unpaired) electrons. The Labute approximate surface area is 158 Å². The van der Waals surface area contributed by atoms with E-state index in [1.54, 1.807) is 0 Å². The number of nitrogens with one attached hydrogen (secondary N) is 2. The monoisotopic (exact) mass is 430 g/mol. The Morgan fingerprint density at radius 2 is 1.87 bits per heavy atom. The van der Waals surface area contributed by atoms with Crippen LogP contribution in [-0.4, -0.2) is 44.6 Å². The van der Waals surface area contributed by atoms with Gasteiger partial charge in [0.25, 0.3) is 0 Å². The van der Waals surface area contributed by atoms with E-state index in [4.69, 9.17) is 0 Å². The zero-order valence-electron chi connectivity index (χ0n) is 14.8. The lowest BCUT2D eigenvalue weighted by Gasteiger charge is -2.25. The van der Waals surface area contributed by atoms with Crippen LogP contribution in [0.15, 0.2) is 29.3 Å². The maximum atomic E-state index is 4.35. The number of nitrogens with zero attached hydrogens (tertiary/aromatic N) is 2. The predicted molar refractivity (Wildman–Crippen MR) is 110 cm³/mol. The summed E-state index contributed by atoms with van der Waals surface area (Å²) in [5.74, 6) is 1.74. The molecule has 1 saturated carbocycles. The van der Waals surface area contributed by atoms with Gasteiger partial charge >= 0.3 is 0 Å². The second-order valence-corrected chi connectivity index (χ2v) is 6.30. The normalized spacial score (nSPS) is 16.0. The van der Waals surface area contributed by atoms with Crippen LogP contribution in [0.4, 0.5) is 0 Å². The summed E-state index contributed by atoms with van der Waals surface area (Å²) in [6.07, 6.45) is 3.79. The lowest BCUT2D eigenvalue weighted by molar-refractivity contribution is 0.264. The van der Waals surface area contributed by atoms with Crippen LogP contribution in [0.3, 0.4) is 0 Å². The fourth-order valence-electron chi connectivity index (χ4n) is 2.93. The third-order valence-corrected chi connectivity index (χ3v) is 4.48. The first kappa shape index (κ1) is 20.2. The molecule has 0 aliphatic heterocycles. The Morgan fingerprint density at radius 3 is 2.39 bits per heavy atom. The zero-order chi connectivity index (χ0) is 15.9. The molecule has 0 amide bonds. The first-order valence-corrected chi connectivity index (χ1v) is 8.33. The first-order chi connectivity index (χ1) is 10.7. The highest BCUT2D eigenvalue weighted by atomic mass is 127. The van der Waals surface area contributed by atoms with Gasteiger partial charge in [-0.15, -0.1) is 24.0 Å². The second kappa shape index (κ2) is 10.1. The van der Waals surface area contributed by atoms with E-state index in [-0.39, 0.29) is 24.0 Å². The fraction of sp³-hybridized carbons (Fsp3) is 0.611. The molecule has 0 heterocycles. The number of aliphatic imine (C=N–C) groups is 1. The molecular weight excluding hydrogens is 399 g/mol. The summed E-state index contributed by atoms with van der Waals surface area (Å²) in [5, 5.41) is 6.91. The van der Waals surface area contributed by atoms with Crippen molar-refractivity contribution in [2.75, 3.05) is 27.7 Å². The Balaban J connectivity index is 0.00000264. The van der Waals surface area contributed by atoms with Crippen molar-refractivity contribution in [3.05, 3.63) is 35.4 Å². The quantitative estimate of drug-likeness (QED) is 0.397. The summed E-state index contributed by atoms with van der Waals surface area (Å²) in [6.45, 7) is 3.97. The number of guanidine groups is 1. The van der Waals surface area contributed by atoms with Crippen molar-refractivity contribution in [2.45, 2.75) is 38.8 Å². The van der Waals surface area contributed by atoms with Crippen molar-refractivity contribution >= 4 is 29.9 Å². The largest absolute Gasteiger partial charge is 0.355 e. The summed E-state index contributed by atoms with van der Waals surface area (Å²) in [6, 6.07) is 9.18. The Kier molecular flexibility index (Phi) is 8.91. The number of rotatable bonds is 7. The van der Waals surface area contributed by atoms with Gasteiger partial charge in [-0.2, -0.15) is 0 Å². The molecule has 4 nitrogen and oxygen atoms in total. The van der Waals surface area contributed by atoms with Crippen LogP contribution in [0, 0.1) is 5.92 Å². The smallest absolute Gasteiger partial charge is 0.191 e. The minimum Gasteiger partial charge on any atom is -0.355 e. The van der Waals surface area contributed by atoms with Crippen molar-refractivity contribution in [3.8, 4) is 0 Å². The number of halogens is 1. The molecule has 1 aromatic carbocycles. The van der Waals surface area contributed by atoms with Crippen molar-refractivity contribution in [2.24, 2.45) is 10.9 Å². The molecule has 1 atom stereocenters. The van der Waals surface area contributed by atoms with Gasteiger partial charge in [-0.3, -0.25) is 4.99 Å². The van der Waals surface area contributed by atoms with Crippen LogP contribution in [0.2, 0.25) is 0 Å². The van der Waals surface area contributed by atoms with Gasteiger partial charge in [-0.1, -0.05) is 31.2 Å². The molecular formula is C18H31IN4. The Morgan fingerprint density at radius 1 is 1.22 bits per heavy atom. The highest BCUT2D eigenvalue weighted by Crippen LogP contribution is 2.34. The van der Waals surface area contributed by atoms with Crippen molar-refractivity contribution < 1.29 is 0 Å². The predicted octanol–water partition coefficient (Wildman–Crippen LogP) is 2.87. The molecule has 1 aliphatic rings. The van der Waals surface area contributed by atoms with Gasteiger partial charge in [-0.25, -0.2) is 0 Å². The Hall–Kier alpha value is -0.820. The van der Waals surface area contributed by atoms with Gasteiger partial charge in [-0.05, 0) is 50.4 Å². The standard InChI is InChI=1S/C18H30N4.HI/c1-5-14-8-6-7-9-16(14)12-20-18(19-2)21-13-17(22(3)4)15-10-11-15;/h6-9,15,17H,5,10-13H2,1-4H3,(H2,19,20,21);1H. The number of benzene rings is 1. The molecule has 0 spiro atoms. The lowest BCUT2D eigenvalue weighted by atomic mass is 10.1. The van der Waals surface area contributed by atoms with Crippen molar-refractivity contribution in [3.63, 3.8) is 0 Å². The second-order valence-electron chi connectivity index (χ2n) is 6.30. The van der Waals surface area contributed by atoms with Crippen molar-refractivity contribution in [1.29, 1.82) is 0 Å². The summed E-state index contributed by atoms with van der Waals surface area (Å²) in [7, 11) is 6.17. The molecule has 1 aromatic rings. The number of hydrogen-bond acceptors (Lipinski definition) is 2. The topological polar surface area (TPSA) is 39.7 Å². The van der Waals surface area contributed by atoms with E-state index < -0.39 is 0 Å². The van der Waals surface area contributed by atoms with E-state index in [1.165, 1.54) is 24.0 Å². The van der Waals surface area contributed by atoms with Gasteiger partial charge < -0.3 is 15.5 Å². The lowest BCUT2D eigenvalue weighted by Crippen LogP contribution is -2.45. The highest BCUT2D eigenvalue weighted by Gasteiger charge is 2.32. The van der Waals surface area contributed by atoms with Crippen LogP contribution >= 0.6 is 24.0 Å². The van der Waals surface area contributed by atoms with Gasteiger partial charge in [0.15, 0.2) is 5.96 Å². The third kappa shape index (κ3) is 6.30. The molecule has 0 bridgehead atoms. The summed E-state index contributed by atoms with van der Waals surface area (Å²) in [5.41, 5.74) is 2.74. The van der Waals surface area contributed by atoms with Crippen LogP contribution < -0.4 is 10.6 Å². The maximum absolute atomic E-state index is 4.35. The highest BCUT2D eigenvalue weighted by molar-refractivity contribution is 14.0. The first-order valence-electron chi connectivity index (χ1n) is 8.33. The summed E-state index contributed by atoms with van der Waals surface area (Å²) in [4.78, 5) is 6.67.